The van der Waals surface area contributed by atoms with Gasteiger partial charge in [0.1, 0.15) is 0 Å². The van der Waals surface area contributed by atoms with E-state index in [4.69, 9.17) is 0 Å². The first-order chi connectivity index (χ1) is 4.34. The van der Waals surface area contributed by atoms with Crippen LogP contribution in [0.15, 0.2) is 19.0 Å². The number of allylic oxidation sites excluding steroid dienone is 1. The molecule has 0 unspecified atom stereocenters. The number of hydrogen-bond donors (Lipinski definition) is 1. The molecule has 46 valence electrons. The van der Waals surface area contributed by atoms with Crippen LogP contribution in [0.5, 0.6) is 0 Å². The summed E-state index contributed by atoms with van der Waals surface area (Å²) < 4.78 is 0. The third-order valence-corrected chi connectivity index (χ3v) is 1.03. The van der Waals surface area contributed by atoms with Gasteiger partial charge in [0.2, 0.25) is 0 Å². The Kier molecular flexibility index (Phi) is 1.49. The Morgan fingerprint density at radius 1 is 1.67 bits per heavy atom. The number of imidazole rings is 1. The van der Waals surface area contributed by atoms with Crippen LogP contribution in [0, 0.1) is 0 Å². The summed E-state index contributed by atoms with van der Waals surface area (Å²) in [4.78, 5) is 6.81. The van der Waals surface area contributed by atoms with Gasteiger partial charge in [0.25, 0.3) is 0 Å². The van der Waals surface area contributed by atoms with Crippen LogP contribution in [0.25, 0.3) is 12.7 Å². The van der Waals surface area contributed by atoms with E-state index >= 15 is 0 Å². The first-order valence-corrected chi connectivity index (χ1v) is 2.65. The predicted molar refractivity (Wildman–Crippen MR) is 38.0 cm³/mol. The molecule has 9 heavy (non-hydrogen) atoms. The van der Waals surface area contributed by atoms with Crippen molar-refractivity contribution in [1.82, 2.24) is 9.97 Å². The average Bonchev–Trinajstić information content (AvgIpc) is 2.18. The Labute approximate surface area is 53.3 Å². The van der Waals surface area contributed by atoms with Gasteiger partial charge in [-0.3, -0.25) is 0 Å². The van der Waals surface area contributed by atoms with Crippen molar-refractivity contribution >= 4 is 12.7 Å². The van der Waals surface area contributed by atoms with Gasteiger partial charge in [-0.2, -0.15) is 0 Å². The SMILES string of the molecule is C=CC=c1nc[nH]c1=C. The number of aromatic amines is 1. The zero-order valence-electron chi connectivity index (χ0n) is 5.09. The zero-order valence-corrected chi connectivity index (χ0v) is 5.09. The highest BCUT2D eigenvalue weighted by molar-refractivity contribution is 5.31. The third kappa shape index (κ3) is 1.08. The Morgan fingerprint density at radius 2 is 2.44 bits per heavy atom. The van der Waals surface area contributed by atoms with Crippen LogP contribution < -0.4 is 10.7 Å². The molecule has 1 aromatic rings. The number of nitrogens with zero attached hydrogens (tertiary/aromatic N) is 1. The minimum Gasteiger partial charge on any atom is -0.345 e. The third-order valence-electron chi connectivity index (χ3n) is 1.03. The smallest absolute Gasteiger partial charge is 0.0931 e. The minimum absolute atomic E-state index is 0.829. The highest BCUT2D eigenvalue weighted by atomic mass is 14.8. The van der Waals surface area contributed by atoms with Crippen LogP contribution in [-0.2, 0) is 0 Å². The maximum atomic E-state index is 3.96. The molecule has 2 nitrogen and oxygen atoms in total. The molecule has 0 saturated carbocycles. The molecule has 1 heterocycles. The van der Waals surface area contributed by atoms with Crippen LogP contribution in [-0.4, -0.2) is 9.97 Å². The predicted octanol–water partition coefficient (Wildman–Crippen LogP) is -0.213. The lowest BCUT2D eigenvalue weighted by Gasteiger charge is -1.68. The van der Waals surface area contributed by atoms with Gasteiger partial charge in [-0.05, 0) is 6.08 Å². The normalized spacial score (nSPS) is 11.8. The van der Waals surface area contributed by atoms with Crippen LogP contribution in [0.3, 0.4) is 0 Å². The number of aromatic nitrogens is 2. The molecule has 0 aromatic carbocycles. The quantitative estimate of drug-likeness (QED) is 0.545. The molecule has 0 aliphatic heterocycles. The lowest BCUT2D eigenvalue weighted by molar-refractivity contribution is 1.29. The van der Waals surface area contributed by atoms with E-state index in [1.165, 1.54) is 0 Å². The summed E-state index contributed by atoms with van der Waals surface area (Å²) in [5, 5.41) is 1.68. The summed E-state index contributed by atoms with van der Waals surface area (Å²) >= 11 is 0. The van der Waals surface area contributed by atoms with Gasteiger partial charge >= 0.3 is 0 Å². The van der Waals surface area contributed by atoms with Crippen LogP contribution in [0.4, 0.5) is 0 Å². The van der Waals surface area contributed by atoms with Crippen molar-refractivity contribution < 1.29 is 0 Å². The van der Waals surface area contributed by atoms with Gasteiger partial charge in [-0.15, -0.1) is 0 Å². The van der Waals surface area contributed by atoms with Crippen molar-refractivity contribution in [2.75, 3.05) is 0 Å². The summed E-state index contributed by atoms with van der Waals surface area (Å²) in [6.07, 6.45) is 5.10. The molecule has 0 saturated heterocycles. The molecule has 1 aromatic heterocycles. The van der Waals surface area contributed by atoms with Gasteiger partial charge in [-0.25, -0.2) is 4.98 Å². The van der Waals surface area contributed by atoms with E-state index in [1.54, 1.807) is 18.5 Å². The number of nitrogens with one attached hydrogen (secondary N) is 1. The highest BCUT2D eigenvalue weighted by Gasteiger charge is 1.78. The molecule has 0 spiro atoms. The number of H-pyrrole nitrogens is 1. The Balaban J connectivity index is 3.39. The molecule has 0 bridgehead atoms. The molecule has 0 aliphatic rings. The van der Waals surface area contributed by atoms with Gasteiger partial charge in [0, 0.05) is 0 Å². The Bertz CT molecular complexity index is 295. The van der Waals surface area contributed by atoms with Gasteiger partial charge < -0.3 is 4.98 Å². The lowest BCUT2D eigenvalue weighted by atomic mass is 10.5. The molecule has 1 N–H and O–H groups in total. The lowest BCUT2D eigenvalue weighted by Crippen LogP contribution is -2.21. The zero-order chi connectivity index (χ0) is 6.69. The molecule has 1 rings (SSSR count). The minimum atomic E-state index is 0.829. The number of rotatable bonds is 1. The average molecular weight is 120 g/mol. The fourth-order valence-corrected chi connectivity index (χ4v) is 0.587. The molecular formula is C7H8N2. The monoisotopic (exact) mass is 120 g/mol. The highest BCUT2D eigenvalue weighted by Crippen LogP contribution is 1.59. The van der Waals surface area contributed by atoms with Crippen LogP contribution >= 0.6 is 0 Å². The fraction of sp³-hybridized carbons (Fsp3) is 0. The van der Waals surface area contributed by atoms with Crippen molar-refractivity contribution in [2.24, 2.45) is 0 Å². The Hall–Kier alpha value is -1.31. The molecular weight excluding hydrogens is 112 g/mol. The molecule has 0 atom stereocenters. The largest absolute Gasteiger partial charge is 0.345 e. The molecule has 2 heteroatoms. The Morgan fingerprint density at radius 3 is 2.89 bits per heavy atom. The second-order valence-electron chi connectivity index (χ2n) is 1.67. The topological polar surface area (TPSA) is 28.7 Å². The fourth-order valence-electron chi connectivity index (χ4n) is 0.587. The molecule has 0 amide bonds. The second kappa shape index (κ2) is 2.31. The summed E-state index contributed by atoms with van der Waals surface area (Å²) in [5.74, 6) is 0. The number of hydrogen-bond acceptors (Lipinski definition) is 1. The van der Waals surface area contributed by atoms with E-state index in [9.17, 15) is 0 Å². The van der Waals surface area contributed by atoms with Crippen molar-refractivity contribution in [3.05, 3.63) is 29.7 Å². The van der Waals surface area contributed by atoms with Gasteiger partial charge in [0.15, 0.2) is 0 Å². The van der Waals surface area contributed by atoms with Crippen molar-refractivity contribution in [1.29, 1.82) is 0 Å². The maximum absolute atomic E-state index is 3.96. The molecule has 0 aliphatic carbocycles. The van der Waals surface area contributed by atoms with Gasteiger partial charge in [0.05, 0.1) is 17.0 Å². The van der Waals surface area contributed by atoms with Crippen molar-refractivity contribution in [2.45, 2.75) is 0 Å². The maximum Gasteiger partial charge on any atom is 0.0931 e. The van der Waals surface area contributed by atoms with E-state index in [2.05, 4.69) is 23.1 Å². The van der Waals surface area contributed by atoms with Gasteiger partial charge in [-0.1, -0.05) is 19.2 Å². The molecule has 0 radical (unpaired) electrons. The standard InChI is InChI=1S/C7H8N2/c1-3-4-7-6(2)8-5-9-7/h3-5H,1-2H2,(H,8,9). The van der Waals surface area contributed by atoms with E-state index in [0.29, 0.717) is 0 Å². The van der Waals surface area contributed by atoms with E-state index < -0.39 is 0 Å². The van der Waals surface area contributed by atoms with E-state index in [1.807, 2.05) is 0 Å². The van der Waals surface area contributed by atoms with Crippen molar-refractivity contribution in [3.63, 3.8) is 0 Å². The van der Waals surface area contributed by atoms with E-state index in [-0.39, 0.29) is 0 Å². The first-order valence-electron chi connectivity index (χ1n) is 2.65. The summed E-state index contributed by atoms with van der Waals surface area (Å²) in [5.41, 5.74) is 0. The summed E-state index contributed by atoms with van der Waals surface area (Å²) in [7, 11) is 0. The van der Waals surface area contributed by atoms with Crippen LogP contribution in [0.1, 0.15) is 0 Å². The van der Waals surface area contributed by atoms with Crippen molar-refractivity contribution in [3.8, 4) is 0 Å². The molecule has 0 fully saturated rings. The first kappa shape index (κ1) is 5.82. The van der Waals surface area contributed by atoms with E-state index in [0.717, 1.165) is 10.7 Å². The summed E-state index contributed by atoms with van der Waals surface area (Å²) in [6.45, 7) is 7.24. The summed E-state index contributed by atoms with van der Waals surface area (Å²) in [6, 6.07) is 0. The van der Waals surface area contributed by atoms with Crippen LogP contribution in [0.2, 0.25) is 0 Å². The second-order valence-corrected chi connectivity index (χ2v) is 1.67.